The van der Waals surface area contributed by atoms with E-state index >= 15 is 0 Å². The number of rotatable bonds is 8. The number of nitrogens with one attached hydrogen (secondary N) is 1. The van der Waals surface area contributed by atoms with E-state index in [0.717, 1.165) is 30.6 Å². The van der Waals surface area contributed by atoms with Crippen molar-refractivity contribution in [3.63, 3.8) is 0 Å². The lowest BCUT2D eigenvalue weighted by atomic mass is 10.1. The predicted molar refractivity (Wildman–Crippen MR) is 122 cm³/mol. The van der Waals surface area contributed by atoms with Gasteiger partial charge in [0.15, 0.2) is 0 Å². The number of sulfonamides is 1. The molecular weight excluding hydrogens is 416 g/mol. The highest BCUT2D eigenvalue weighted by atomic mass is 32.2. The largest absolute Gasteiger partial charge is 0.352 e. The Morgan fingerprint density at radius 2 is 1.70 bits per heavy atom. The molecule has 30 heavy (non-hydrogen) atoms. The molecule has 162 valence electrons. The van der Waals surface area contributed by atoms with E-state index in [9.17, 15) is 13.2 Å². The number of thioether (sulfide) groups is 1. The van der Waals surface area contributed by atoms with Crippen LogP contribution in [0.15, 0.2) is 52.3 Å². The van der Waals surface area contributed by atoms with Gasteiger partial charge in [-0.25, -0.2) is 8.42 Å². The molecule has 0 saturated carbocycles. The van der Waals surface area contributed by atoms with Crippen molar-refractivity contribution >= 4 is 27.7 Å². The Hall–Kier alpha value is -1.83. The molecule has 1 aliphatic heterocycles. The van der Waals surface area contributed by atoms with Gasteiger partial charge in [-0.15, -0.1) is 11.8 Å². The number of hydrogen-bond acceptors (Lipinski definition) is 4. The molecule has 0 bridgehead atoms. The lowest BCUT2D eigenvalue weighted by Gasteiger charge is -2.25. The number of nitrogens with zero attached hydrogens (tertiary/aromatic N) is 1. The molecule has 1 saturated heterocycles. The summed E-state index contributed by atoms with van der Waals surface area (Å²) >= 11 is 1.68. The molecule has 3 rings (SSSR count). The van der Waals surface area contributed by atoms with Crippen LogP contribution in [-0.4, -0.2) is 37.5 Å². The standard InChI is InChI=1S/C23H30N2O3S2/c1-18-6-9-21(16-19(18)2)29-15-12-23(26)24-17-20-7-10-22(11-8-20)30(27,28)25-13-4-3-5-14-25/h6-11,16H,3-5,12-15,17H2,1-2H3,(H,24,26). The van der Waals surface area contributed by atoms with Crippen molar-refractivity contribution in [2.75, 3.05) is 18.8 Å². The normalized spacial score (nSPS) is 15.1. The molecule has 0 aliphatic carbocycles. The van der Waals surface area contributed by atoms with E-state index in [1.807, 2.05) is 0 Å². The summed E-state index contributed by atoms with van der Waals surface area (Å²) in [6, 6.07) is 13.2. The minimum atomic E-state index is -3.41. The summed E-state index contributed by atoms with van der Waals surface area (Å²) in [6.45, 7) is 5.78. The van der Waals surface area contributed by atoms with Gasteiger partial charge in [-0.3, -0.25) is 4.79 Å². The van der Waals surface area contributed by atoms with E-state index in [1.165, 1.54) is 16.0 Å². The van der Waals surface area contributed by atoms with Crippen LogP contribution in [-0.2, 0) is 21.4 Å². The van der Waals surface area contributed by atoms with Crippen LogP contribution < -0.4 is 5.32 Å². The van der Waals surface area contributed by atoms with Crippen molar-refractivity contribution < 1.29 is 13.2 Å². The Kier molecular flexibility index (Phi) is 7.97. The highest BCUT2D eigenvalue weighted by Gasteiger charge is 2.25. The first-order valence-electron chi connectivity index (χ1n) is 10.4. The summed E-state index contributed by atoms with van der Waals surface area (Å²) < 4.78 is 27.0. The van der Waals surface area contributed by atoms with Crippen molar-refractivity contribution in [3.8, 4) is 0 Å². The third-order valence-electron chi connectivity index (χ3n) is 5.44. The van der Waals surface area contributed by atoms with Gasteiger partial charge in [0, 0.05) is 36.7 Å². The first-order chi connectivity index (χ1) is 14.4. The summed E-state index contributed by atoms with van der Waals surface area (Å²) in [4.78, 5) is 13.6. The fourth-order valence-electron chi connectivity index (χ4n) is 3.39. The van der Waals surface area contributed by atoms with Gasteiger partial charge >= 0.3 is 0 Å². The molecule has 2 aromatic carbocycles. The maximum atomic E-state index is 12.7. The Morgan fingerprint density at radius 1 is 1.00 bits per heavy atom. The van der Waals surface area contributed by atoms with Crippen molar-refractivity contribution in [2.24, 2.45) is 0 Å². The molecular formula is C23H30N2O3S2. The van der Waals surface area contributed by atoms with Gasteiger partial charge in [0.25, 0.3) is 0 Å². The van der Waals surface area contributed by atoms with E-state index in [-0.39, 0.29) is 5.91 Å². The average Bonchev–Trinajstić information content (AvgIpc) is 2.76. The van der Waals surface area contributed by atoms with Crippen molar-refractivity contribution in [2.45, 2.75) is 55.9 Å². The molecule has 1 heterocycles. The Bertz CT molecular complexity index is 966. The van der Waals surface area contributed by atoms with Gasteiger partial charge in [-0.1, -0.05) is 24.6 Å². The Morgan fingerprint density at radius 3 is 2.37 bits per heavy atom. The van der Waals surface area contributed by atoms with Crippen LogP contribution in [0.25, 0.3) is 0 Å². The van der Waals surface area contributed by atoms with Crippen LogP contribution in [0.5, 0.6) is 0 Å². The highest BCUT2D eigenvalue weighted by molar-refractivity contribution is 7.99. The van der Waals surface area contributed by atoms with E-state index < -0.39 is 10.0 Å². The second kappa shape index (κ2) is 10.5. The van der Waals surface area contributed by atoms with Gasteiger partial charge < -0.3 is 5.32 Å². The maximum Gasteiger partial charge on any atom is 0.243 e. The Balaban J connectivity index is 1.45. The summed E-state index contributed by atoms with van der Waals surface area (Å²) in [7, 11) is -3.41. The number of hydrogen-bond donors (Lipinski definition) is 1. The Labute approximate surface area is 184 Å². The SMILES string of the molecule is Cc1ccc(SCCC(=O)NCc2ccc(S(=O)(=O)N3CCCCC3)cc2)cc1C. The van der Waals surface area contributed by atoms with Gasteiger partial charge in [-0.05, 0) is 67.6 Å². The van der Waals surface area contributed by atoms with Crippen molar-refractivity contribution in [1.82, 2.24) is 9.62 Å². The molecule has 0 unspecified atom stereocenters. The van der Waals surface area contributed by atoms with Crippen molar-refractivity contribution in [1.29, 1.82) is 0 Å². The average molecular weight is 447 g/mol. The summed E-state index contributed by atoms with van der Waals surface area (Å²) in [5, 5.41) is 2.92. The molecule has 1 amide bonds. The molecule has 7 heteroatoms. The number of carbonyl (C=O) groups excluding carboxylic acids is 1. The van der Waals surface area contributed by atoms with E-state index in [2.05, 4.69) is 37.4 Å². The second-order valence-corrected chi connectivity index (χ2v) is 10.8. The first kappa shape index (κ1) is 22.8. The minimum Gasteiger partial charge on any atom is -0.352 e. The predicted octanol–water partition coefficient (Wildman–Crippen LogP) is 4.28. The number of piperidine rings is 1. The molecule has 5 nitrogen and oxygen atoms in total. The fraction of sp³-hybridized carbons (Fsp3) is 0.435. The highest BCUT2D eigenvalue weighted by Crippen LogP contribution is 2.22. The summed E-state index contributed by atoms with van der Waals surface area (Å²) in [5.74, 6) is 0.720. The molecule has 0 spiro atoms. The van der Waals surface area contributed by atoms with Crippen LogP contribution >= 0.6 is 11.8 Å². The molecule has 1 aliphatic rings. The van der Waals surface area contributed by atoms with Crippen molar-refractivity contribution in [3.05, 3.63) is 59.2 Å². The van der Waals surface area contributed by atoms with E-state index in [1.54, 1.807) is 40.3 Å². The lowest BCUT2D eigenvalue weighted by Crippen LogP contribution is -2.35. The monoisotopic (exact) mass is 446 g/mol. The number of amides is 1. The first-order valence-corrected chi connectivity index (χ1v) is 12.8. The van der Waals surface area contributed by atoms with Crippen LogP contribution in [0.1, 0.15) is 42.4 Å². The zero-order valence-electron chi connectivity index (χ0n) is 17.7. The zero-order chi connectivity index (χ0) is 21.6. The molecule has 0 radical (unpaired) electrons. The number of benzene rings is 2. The summed E-state index contributed by atoms with van der Waals surface area (Å²) in [6.07, 6.45) is 3.38. The molecule has 1 N–H and O–H groups in total. The smallest absolute Gasteiger partial charge is 0.243 e. The van der Waals surface area contributed by atoms with Crippen LogP contribution in [0.2, 0.25) is 0 Å². The molecule has 0 atom stereocenters. The second-order valence-electron chi connectivity index (χ2n) is 7.73. The van der Waals surface area contributed by atoms with Gasteiger partial charge in [-0.2, -0.15) is 4.31 Å². The fourth-order valence-corrected chi connectivity index (χ4v) is 5.85. The van der Waals surface area contributed by atoms with Gasteiger partial charge in [0.1, 0.15) is 0 Å². The molecule has 2 aromatic rings. The van der Waals surface area contributed by atoms with E-state index in [4.69, 9.17) is 0 Å². The van der Waals surface area contributed by atoms with Crippen LogP contribution in [0, 0.1) is 13.8 Å². The lowest BCUT2D eigenvalue weighted by molar-refractivity contribution is -0.120. The van der Waals surface area contributed by atoms with Gasteiger partial charge in [0.2, 0.25) is 15.9 Å². The van der Waals surface area contributed by atoms with Gasteiger partial charge in [0.05, 0.1) is 4.90 Å². The number of aryl methyl sites for hydroxylation is 2. The minimum absolute atomic E-state index is 0.00338. The molecule has 1 fully saturated rings. The van der Waals surface area contributed by atoms with Crippen LogP contribution in [0.3, 0.4) is 0 Å². The van der Waals surface area contributed by atoms with E-state index in [0.29, 0.717) is 31.0 Å². The topological polar surface area (TPSA) is 66.5 Å². The quantitative estimate of drug-likeness (QED) is 0.615. The molecule has 0 aromatic heterocycles. The summed E-state index contributed by atoms with van der Waals surface area (Å²) in [5.41, 5.74) is 3.42. The number of carbonyl (C=O) groups is 1. The third kappa shape index (κ3) is 6.09. The maximum absolute atomic E-state index is 12.7. The third-order valence-corrected chi connectivity index (χ3v) is 8.35. The van der Waals surface area contributed by atoms with Crippen LogP contribution in [0.4, 0.5) is 0 Å². The zero-order valence-corrected chi connectivity index (χ0v) is 19.3.